The third-order valence-electron chi connectivity index (χ3n) is 4.39. The van der Waals surface area contributed by atoms with Gasteiger partial charge in [0.05, 0.1) is 23.4 Å². The summed E-state index contributed by atoms with van der Waals surface area (Å²) in [5.74, 6) is -1.41. The number of hydrogen-bond donors (Lipinski definition) is 1. The van der Waals surface area contributed by atoms with E-state index in [0.29, 0.717) is 34.0 Å². The molecule has 0 aromatic heterocycles. The first-order chi connectivity index (χ1) is 13.1. The summed E-state index contributed by atoms with van der Waals surface area (Å²) in [5.41, 5.74) is 3.04. The third-order valence-corrected chi connectivity index (χ3v) is 4.76. The molecule has 0 amide bonds. The van der Waals surface area contributed by atoms with E-state index in [1.54, 1.807) is 33.8 Å². The summed E-state index contributed by atoms with van der Waals surface area (Å²) in [6.45, 7) is 10.8. The Morgan fingerprint density at radius 1 is 0.964 bits per heavy atom. The van der Waals surface area contributed by atoms with Gasteiger partial charge in [-0.15, -0.1) is 0 Å². The number of rotatable bonds is 6. The van der Waals surface area contributed by atoms with E-state index < -0.39 is 17.9 Å². The number of hydrogen-bond acceptors (Lipinski definition) is 5. The van der Waals surface area contributed by atoms with Crippen molar-refractivity contribution < 1.29 is 19.1 Å². The number of dihydropyridines is 1. The fourth-order valence-electron chi connectivity index (χ4n) is 3.32. The predicted octanol–water partition coefficient (Wildman–Crippen LogP) is 4.55. The molecule has 2 rings (SSSR count). The van der Waals surface area contributed by atoms with Crippen molar-refractivity contribution >= 4 is 23.5 Å². The van der Waals surface area contributed by atoms with Crippen molar-refractivity contribution in [1.82, 2.24) is 5.32 Å². The zero-order valence-corrected chi connectivity index (χ0v) is 18.0. The normalized spacial score (nSPS) is 15.2. The second kappa shape index (κ2) is 9.28. The molecule has 0 aliphatic carbocycles. The van der Waals surface area contributed by atoms with Crippen LogP contribution in [-0.2, 0) is 25.5 Å². The van der Waals surface area contributed by atoms with Crippen LogP contribution in [-0.4, -0.2) is 24.1 Å². The lowest BCUT2D eigenvalue weighted by Gasteiger charge is -2.31. The third kappa shape index (κ3) is 5.16. The maximum absolute atomic E-state index is 12.9. The van der Waals surface area contributed by atoms with Crippen LogP contribution in [0.3, 0.4) is 0 Å². The van der Waals surface area contributed by atoms with Gasteiger partial charge in [-0.2, -0.15) is 0 Å². The topological polar surface area (TPSA) is 64.6 Å². The van der Waals surface area contributed by atoms with E-state index in [2.05, 4.69) is 5.32 Å². The van der Waals surface area contributed by atoms with Crippen LogP contribution in [0.2, 0.25) is 5.02 Å². The van der Waals surface area contributed by atoms with Gasteiger partial charge in [0.15, 0.2) is 0 Å². The SMILES string of the molecule is CC1=C(C(=O)OC(C)C)C(Cc2ccccc2Cl)C(C(=O)OC(C)C)=C(C)N1. The molecule has 1 aliphatic rings. The molecule has 28 heavy (non-hydrogen) atoms. The van der Waals surface area contributed by atoms with Crippen molar-refractivity contribution in [3.05, 3.63) is 57.4 Å². The lowest BCUT2D eigenvalue weighted by molar-refractivity contribution is -0.144. The standard InChI is InChI=1S/C22H28ClNO4/c1-12(2)27-21(25)19-14(5)24-15(6)20(22(26)28-13(3)4)17(19)11-16-9-7-8-10-18(16)23/h7-10,12-13,17,24H,11H2,1-6H3. The van der Waals surface area contributed by atoms with Gasteiger partial charge in [-0.1, -0.05) is 29.8 Å². The average Bonchev–Trinajstić information content (AvgIpc) is 2.55. The highest BCUT2D eigenvalue weighted by atomic mass is 35.5. The van der Waals surface area contributed by atoms with Crippen LogP contribution in [0.5, 0.6) is 0 Å². The molecule has 1 aliphatic heterocycles. The molecule has 0 atom stereocenters. The Morgan fingerprint density at radius 2 is 1.43 bits per heavy atom. The summed E-state index contributed by atoms with van der Waals surface area (Å²) in [7, 11) is 0. The van der Waals surface area contributed by atoms with Crippen molar-refractivity contribution in [2.45, 2.75) is 60.2 Å². The van der Waals surface area contributed by atoms with Crippen molar-refractivity contribution in [2.75, 3.05) is 0 Å². The maximum Gasteiger partial charge on any atom is 0.336 e. The largest absolute Gasteiger partial charge is 0.460 e. The zero-order chi connectivity index (χ0) is 21.0. The Kier molecular flexibility index (Phi) is 7.30. The summed E-state index contributed by atoms with van der Waals surface area (Å²) in [4.78, 5) is 25.7. The Hall–Kier alpha value is -2.27. The molecule has 152 valence electrons. The minimum Gasteiger partial charge on any atom is -0.460 e. The lowest BCUT2D eigenvalue weighted by atomic mass is 9.81. The Labute approximate surface area is 171 Å². The monoisotopic (exact) mass is 405 g/mol. The van der Waals surface area contributed by atoms with Crippen LogP contribution >= 0.6 is 11.6 Å². The van der Waals surface area contributed by atoms with Gasteiger partial charge in [0.2, 0.25) is 0 Å². The highest BCUT2D eigenvalue weighted by Crippen LogP contribution is 2.35. The van der Waals surface area contributed by atoms with Crippen molar-refractivity contribution in [1.29, 1.82) is 0 Å². The lowest BCUT2D eigenvalue weighted by Crippen LogP contribution is -2.35. The molecule has 0 saturated carbocycles. The molecule has 0 fully saturated rings. The number of carbonyl (C=O) groups excluding carboxylic acids is 2. The highest BCUT2D eigenvalue weighted by molar-refractivity contribution is 6.31. The summed E-state index contributed by atoms with van der Waals surface area (Å²) >= 11 is 6.36. The van der Waals surface area contributed by atoms with Gasteiger partial charge in [0.1, 0.15) is 0 Å². The van der Waals surface area contributed by atoms with Crippen LogP contribution in [0.1, 0.15) is 47.1 Å². The van der Waals surface area contributed by atoms with Gasteiger partial charge in [0.25, 0.3) is 0 Å². The summed E-state index contributed by atoms with van der Waals surface area (Å²) in [6.07, 6.45) is -0.153. The fraction of sp³-hybridized carbons (Fsp3) is 0.455. The van der Waals surface area contributed by atoms with Crippen LogP contribution in [0.15, 0.2) is 46.8 Å². The van der Waals surface area contributed by atoms with E-state index in [0.717, 1.165) is 5.56 Å². The van der Waals surface area contributed by atoms with Crippen LogP contribution in [0.4, 0.5) is 0 Å². The molecule has 0 radical (unpaired) electrons. The number of halogens is 1. The minimum absolute atomic E-state index is 0.271. The van der Waals surface area contributed by atoms with Gasteiger partial charge in [-0.3, -0.25) is 0 Å². The average molecular weight is 406 g/mol. The minimum atomic E-state index is -0.515. The van der Waals surface area contributed by atoms with E-state index in [9.17, 15) is 9.59 Å². The van der Waals surface area contributed by atoms with E-state index in [1.165, 1.54) is 0 Å². The molecular weight excluding hydrogens is 378 g/mol. The van der Waals surface area contributed by atoms with Crippen LogP contribution < -0.4 is 5.32 Å². The molecule has 1 aromatic rings. The number of ether oxygens (including phenoxy) is 2. The van der Waals surface area contributed by atoms with Gasteiger partial charge in [0, 0.05) is 22.3 Å². The van der Waals surface area contributed by atoms with Crippen molar-refractivity contribution in [3.63, 3.8) is 0 Å². The predicted molar refractivity (Wildman–Crippen MR) is 110 cm³/mol. The smallest absolute Gasteiger partial charge is 0.336 e. The van der Waals surface area contributed by atoms with Crippen LogP contribution in [0.25, 0.3) is 0 Å². The number of carbonyl (C=O) groups is 2. The second-order valence-corrected chi connectivity index (χ2v) is 7.87. The van der Waals surface area contributed by atoms with E-state index in [1.807, 2.05) is 32.0 Å². The number of allylic oxidation sites excluding steroid dienone is 2. The first kappa shape index (κ1) is 22.0. The Morgan fingerprint density at radius 3 is 1.86 bits per heavy atom. The first-order valence-electron chi connectivity index (χ1n) is 9.45. The van der Waals surface area contributed by atoms with E-state index >= 15 is 0 Å². The van der Waals surface area contributed by atoms with Crippen molar-refractivity contribution in [3.8, 4) is 0 Å². The van der Waals surface area contributed by atoms with Crippen molar-refractivity contribution in [2.24, 2.45) is 5.92 Å². The van der Waals surface area contributed by atoms with Gasteiger partial charge in [-0.25, -0.2) is 9.59 Å². The van der Waals surface area contributed by atoms with E-state index in [4.69, 9.17) is 21.1 Å². The molecule has 0 bridgehead atoms. The van der Waals surface area contributed by atoms with E-state index in [-0.39, 0.29) is 12.2 Å². The Balaban J connectivity index is 2.53. The number of esters is 2. The first-order valence-corrected chi connectivity index (χ1v) is 9.83. The summed E-state index contributed by atoms with van der Waals surface area (Å²) in [6, 6.07) is 7.42. The molecule has 1 heterocycles. The number of benzene rings is 1. The molecule has 5 nitrogen and oxygen atoms in total. The zero-order valence-electron chi connectivity index (χ0n) is 17.3. The van der Waals surface area contributed by atoms with Gasteiger partial charge in [-0.05, 0) is 59.6 Å². The summed E-state index contributed by atoms with van der Waals surface area (Å²) in [5, 5.41) is 3.73. The highest BCUT2D eigenvalue weighted by Gasteiger charge is 2.37. The molecule has 0 unspecified atom stereocenters. The summed E-state index contributed by atoms with van der Waals surface area (Å²) < 4.78 is 10.9. The molecule has 1 aromatic carbocycles. The maximum atomic E-state index is 12.9. The van der Waals surface area contributed by atoms with Gasteiger partial charge >= 0.3 is 11.9 Å². The Bertz CT molecular complexity index is 780. The molecule has 6 heteroatoms. The molecular formula is C22H28ClNO4. The quantitative estimate of drug-likeness (QED) is 0.703. The second-order valence-electron chi connectivity index (χ2n) is 7.46. The molecule has 1 N–H and O–H groups in total. The molecule has 0 spiro atoms. The fourth-order valence-corrected chi connectivity index (χ4v) is 3.53. The number of nitrogens with one attached hydrogen (secondary N) is 1. The molecule has 0 saturated heterocycles. The van der Waals surface area contributed by atoms with Gasteiger partial charge < -0.3 is 14.8 Å². The van der Waals surface area contributed by atoms with Crippen LogP contribution in [0, 0.1) is 5.92 Å².